The molecule has 0 heterocycles. The van der Waals surface area contributed by atoms with E-state index in [1.165, 1.54) is 308 Å². The van der Waals surface area contributed by atoms with Crippen LogP contribution in [0, 0.1) is 0 Å². The van der Waals surface area contributed by atoms with Gasteiger partial charge in [-0.05, 0) is 77.0 Å². The zero-order chi connectivity index (χ0) is 59.9. The first-order valence-electron chi connectivity index (χ1n) is 37.5. The molecule has 0 N–H and O–H groups in total. The summed E-state index contributed by atoms with van der Waals surface area (Å²) >= 11 is 0. The Hall–Kier alpha value is -2.37. The lowest BCUT2D eigenvalue weighted by molar-refractivity contribution is -0.167. The highest BCUT2D eigenvalue weighted by Gasteiger charge is 2.20. The summed E-state index contributed by atoms with van der Waals surface area (Å²) in [6.07, 6.45) is 90.5. The molecule has 1 unspecified atom stereocenters. The van der Waals surface area contributed by atoms with Gasteiger partial charge in [0, 0.05) is 19.3 Å². The van der Waals surface area contributed by atoms with Crippen LogP contribution in [0.4, 0.5) is 0 Å². The lowest BCUT2D eigenvalue weighted by atomic mass is 10.0. The summed E-state index contributed by atoms with van der Waals surface area (Å²) < 4.78 is 17.0. The number of ether oxygens (including phenoxy) is 3. The van der Waals surface area contributed by atoms with E-state index in [1.54, 1.807) is 0 Å². The van der Waals surface area contributed by atoms with Crippen molar-refractivity contribution >= 4 is 17.9 Å². The zero-order valence-electron chi connectivity index (χ0n) is 56.2. The Bertz CT molecular complexity index is 1380. The summed E-state index contributed by atoms with van der Waals surface area (Å²) in [6, 6.07) is 0. The van der Waals surface area contributed by atoms with Gasteiger partial charge in [0.2, 0.25) is 0 Å². The van der Waals surface area contributed by atoms with Crippen molar-refractivity contribution in [3.8, 4) is 0 Å². The summed E-state index contributed by atoms with van der Waals surface area (Å²) in [7, 11) is 0. The quantitative estimate of drug-likeness (QED) is 0.0261. The van der Waals surface area contributed by atoms with Gasteiger partial charge in [0.1, 0.15) is 13.2 Å². The largest absolute Gasteiger partial charge is 0.462 e. The fourth-order valence-corrected chi connectivity index (χ4v) is 11.5. The van der Waals surface area contributed by atoms with Gasteiger partial charge in [-0.1, -0.05) is 359 Å². The Morgan fingerprint density at radius 1 is 0.241 bits per heavy atom. The molecule has 0 aromatic carbocycles. The van der Waals surface area contributed by atoms with E-state index in [0.717, 1.165) is 70.6 Å². The van der Waals surface area contributed by atoms with Crippen LogP contribution >= 0.6 is 0 Å². The summed E-state index contributed by atoms with van der Waals surface area (Å²) in [5.74, 6) is -0.844. The fourth-order valence-electron chi connectivity index (χ4n) is 11.5. The van der Waals surface area contributed by atoms with E-state index in [9.17, 15) is 14.4 Å². The number of esters is 3. The van der Waals surface area contributed by atoms with Gasteiger partial charge in [-0.3, -0.25) is 14.4 Å². The van der Waals surface area contributed by atoms with Crippen LogP contribution in [0.5, 0.6) is 0 Å². The summed E-state index contributed by atoms with van der Waals surface area (Å²) in [5.41, 5.74) is 0. The first kappa shape index (κ1) is 80.6. The van der Waals surface area contributed by atoms with Crippen LogP contribution < -0.4 is 0 Å². The number of allylic oxidation sites excluding steroid dienone is 6. The molecule has 0 aliphatic heterocycles. The molecule has 0 rings (SSSR count). The van der Waals surface area contributed by atoms with E-state index in [-0.39, 0.29) is 31.1 Å². The number of unbranched alkanes of at least 4 members (excludes halogenated alkanes) is 53. The van der Waals surface area contributed by atoms with Crippen LogP contribution in [0.25, 0.3) is 0 Å². The van der Waals surface area contributed by atoms with Gasteiger partial charge in [0.15, 0.2) is 6.10 Å². The third-order valence-corrected chi connectivity index (χ3v) is 17.1. The van der Waals surface area contributed by atoms with Crippen molar-refractivity contribution in [2.75, 3.05) is 13.2 Å². The fraction of sp³-hybridized carbons (Fsp3) is 0.883. The minimum Gasteiger partial charge on any atom is -0.462 e. The Kier molecular flexibility index (Phi) is 70.0. The van der Waals surface area contributed by atoms with Crippen molar-refractivity contribution in [1.82, 2.24) is 0 Å². The molecule has 0 aliphatic rings. The van der Waals surface area contributed by atoms with Gasteiger partial charge >= 0.3 is 17.9 Å². The van der Waals surface area contributed by atoms with Gasteiger partial charge in [0.25, 0.3) is 0 Å². The van der Waals surface area contributed by atoms with Gasteiger partial charge in [-0.2, -0.15) is 0 Å². The first-order valence-corrected chi connectivity index (χ1v) is 37.5. The van der Waals surface area contributed by atoms with E-state index in [2.05, 4.69) is 57.2 Å². The molecule has 0 spiro atoms. The van der Waals surface area contributed by atoms with E-state index < -0.39 is 6.10 Å². The van der Waals surface area contributed by atoms with Crippen molar-refractivity contribution in [3.63, 3.8) is 0 Å². The number of hydrogen-bond acceptors (Lipinski definition) is 6. The van der Waals surface area contributed by atoms with Gasteiger partial charge in [-0.25, -0.2) is 0 Å². The Morgan fingerprint density at radius 3 is 0.675 bits per heavy atom. The molecule has 0 aromatic heterocycles. The molecule has 6 heteroatoms. The Balaban J connectivity index is 4.13. The second-order valence-electron chi connectivity index (χ2n) is 25.6. The number of carbonyl (C=O) groups is 3. The highest BCUT2D eigenvalue weighted by molar-refractivity contribution is 5.71. The van der Waals surface area contributed by atoms with E-state index in [4.69, 9.17) is 14.2 Å². The third-order valence-electron chi connectivity index (χ3n) is 17.1. The molecule has 0 bridgehead atoms. The van der Waals surface area contributed by atoms with Gasteiger partial charge in [-0.15, -0.1) is 0 Å². The minimum atomic E-state index is -0.772. The van der Waals surface area contributed by atoms with E-state index in [1.807, 2.05) is 0 Å². The van der Waals surface area contributed by atoms with Crippen molar-refractivity contribution in [2.45, 2.75) is 425 Å². The summed E-state index contributed by atoms with van der Waals surface area (Å²) in [6.45, 7) is 6.70. The van der Waals surface area contributed by atoms with Gasteiger partial charge < -0.3 is 14.2 Å². The molecule has 0 saturated carbocycles. The van der Waals surface area contributed by atoms with E-state index >= 15 is 0 Å². The molecule has 0 aliphatic carbocycles. The summed E-state index contributed by atoms with van der Waals surface area (Å²) in [5, 5.41) is 0. The molecule has 6 nitrogen and oxygen atoms in total. The van der Waals surface area contributed by atoms with Crippen LogP contribution in [-0.2, 0) is 28.6 Å². The second-order valence-corrected chi connectivity index (χ2v) is 25.6. The first-order chi connectivity index (χ1) is 41.0. The monoisotopic (exact) mass is 1170 g/mol. The average Bonchev–Trinajstić information content (AvgIpc) is 3.49. The molecular weight excluding hydrogens is 1020 g/mol. The number of rotatable bonds is 70. The van der Waals surface area contributed by atoms with Crippen LogP contribution in [0.1, 0.15) is 419 Å². The van der Waals surface area contributed by atoms with Crippen molar-refractivity contribution in [2.24, 2.45) is 0 Å². The molecule has 0 aromatic rings. The molecule has 0 fully saturated rings. The zero-order valence-corrected chi connectivity index (χ0v) is 56.2. The van der Waals surface area contributed by atoms with Crippen molar-refractivity contribution in [1.29, 1.82) is 0 Å². The lowest BCUT2D eigenvalue weighted by Gasteiger charge is -2.18. The normalized spacial score (nSPS) is 12.2. The van der Waals surface area contributed by atoms with Crippen LogP contribution in [0.3, 0.4) is 0 Å². The highest BCUT2D eigenvalue weighted by atomic mass is 16.6. The average molecular weight is 1170 g/mol. The predicted molar refractivity (Wildman–Crippen MR) is 362 cm³/mol. The molecule has 0 saturated heterocycles. The van der Waals surface area contributed by atoms with Gasteiger partial charge in [0.05, 0.1) is 0 Å². The smallest absolute Gasteiger partial charge is 0.306 e. The molecule has 0 radical (unpaired) electrons. The maximum absolute atomic E-state index is 12.9. The topological polar surface area (TPSA) is 78.9 Å². The molecule has 1 atom stereocenters. The molecular formula is C77H144O6. The molecule has 83 heavy (non-hydrogen) atoms. The van der Waals surface area contributed by atoms with Crippen LogP contribution in [0.15, 0.2) is 36.5 Å². The SMILES string of the molecule is CCCCCCC/C=C\C/C=C\CCCCCCCCCCCCCCCCCCCCCCCC(=O)OCC(COC(=O)CCCCCCC/C=C\CCCCCCCC)OC(=O)CCCCCCCCCCCCCCCCCCC. The summed E-state index contributed by atoms with van der Waals surface area (Å²) in [4.78, 5) is 38.5. The van der Waals surface area contributed by atoms with Crippen LogP contribution in [0.2, 0.25) is 0 Å². The highest BCUT2D eigenvalue weighted by Crippen LogP contribution is 2.19. The van der Waals surface area contributed by atoms with Crippen molar-refractivity contribution in [3.05, 3.63) is 36.5 Å². The number of carbonyl (C=O) groups excluding carboxylic acids is 3. The second kappa shape index (κ2) is 72.1. The standard InChI is InChI=1S/C77H144O6/c1-4-7-10-13-16-19-22-25-28-30-31-32-33-34-35-36-37-38-39-40-41-42-43-44-45-47-49-52-55-58-61-64-67-70-76(79)82-73-74(72-81-75(78)69-66-63-60-57-54-51-48-27-24-21-18-15-12-9-6-3)83-77(80)71-68-65-62-59-56-53-50-46-29-26-23-20-17-14-11-8-5-2/h22,25,27,30-31,48,74H,4-21,23-24,26,28-29,32-47,49-73H2,1-3H3/b25-22-,31-30-,48-27-. The maximum Gasteiger partial charge on any atom is 0.306 e. The Labute approximate surface area is 518 Å². The number of hydrogen-bond donors (Lipinski definition) is 0. The Morgan fingerprint density at radius 2 is 0.434 bits per heavy atom. The molecule has 0 amide bonds. The van der Waals surface area contributed by atoms with E-state index in [0.29, 0.717) is 19.3 Å². The minimum absolute atomic E-state index is 0.0679. The molecule has 488 valence electrons. The van der Waals surface area contributed by atoms with Crippen molar-refractivity contribution < 1.29 is 28.6 Å². The third kappa shape index (κ3) is 70.3. The van der Waals surface area contributed by atoms with Crippen LogP contribution in [-0.4, -0.2) is 37.2 Å². The maximum atomic E-state index is 12.9. The lowest BCUT2D eigenvalue weighted by Crippen LogP contribution is -2.30. The predicted octanol–water partition coefficient (Wildman–Crippen LogP) is 25.9.